The van der Waals surface area contributed by atoms with Gasteiger partial charge < -0.3 is 4.74 Å². The average molecular weight is 260 g/mol. The first kappa shape index (κ1) is 14.4. The van der Waals surface area contributed by atoms with E-state index in [0.717, 1.165) is 5.76 Å². The summed E-state index contributed by atoms with van der Waals surface area (Å²) in [7, 11) is 1.78. The van der Waals surface area contributed by atoms with Crippen molar-refractivity contribution in [3.8, 4) is 0 Å². The van der Waals surface area contributed by atoms with Crippen LogP contribution in [0.25, 0.3) is 0 Å². The van der Waals surface area contributed by atoms with Gasteiger partial charge in [0, 0.05) is 10.8 Å². The normalized spacial score (nSPS) is 33.6. The fourth-order valence-electron chi connectivity index (χ4n) is 3.97. The van der Waals surface area contributed by atoms with Gasteiger partial charge in [0.25, 0.3) is 0 Å². The van der Waals surface area contributed by atoms with Crippen molar-refractivity contribution in [2.75, 3.05) is 7.11 Å². The Morgan fingerprint density at radius 3 is 2.47 bits per heavy atom. The summed E-state index contributed by atoms with van der Waals surface area (Å²) < 4.78 is 5.61. The highest BCUT2D eigenvalue weighted by atomic mass is 16.5. The number of rotatable bonds is 1. The lowest BCUT2D eigenvalue weighted by molar-refractivity contribution is 0.141. The van der Waals surface area contributed by atoms with Crippen molar-refractivity contribution in [2.45, 2.75) is 53.9 Å². The van der Waals surface area contributed by atoms with Gasteiger partial charge in [-0.3, -0.25) is 0 Å². The molecule has 0 N–H and O–H groups in total. The van der Waals surface area contributed by atoms with Crippen LogP contribution in [-0.2, 0) is 4.74 Å². The number of allylic oxidation sites excluding steroid dienone is 4. The number of ether oxygens (including phenoxy) is 1. The van der Waals surface area contributed by atoms with Gasteiger partial charge in [-0.15, -0.1) is 0 Å². The van der Waals surface area contributed by atoms with Crippen LogP contribution in [-0.4, -0.2) is 7.11 Å². The van der Waals surface area contributed by atoms with Crippen LogP contribution in [0, 0.1) is 16.7 Å². The standard InChI is InChI=1S/C18H28O/c1-12(2)15-8-9-18(11-15)13(3)10-16(19-7)17(5,6)14(18)4/h10,13H,4,8-9,11H2,1-3,5-7H3/t13-,18?/m0/s1. The van der Waals surface area contributed by atoms with E-state index in [-0.39, 0.29) is 10.8 Å². The Morgan fingerprint density at radius 1 is 1.37 bits per heavy atom. The minimum atomic E-state index is -0.0433. The second kappa shape index (κ2) is 4.54. The van der Waals surface area contributed by atoms with Gasteiger partial charge in [0.15, 0.2) is 0 Å². The molecule has 19 heavy (non-hydrogen) atoms. The Bertz CT molecular complexity index is 460. The van der Waals surface area contributed by atoms with Crippen LogP contribution in [0.2, 0.25) is 0 Å². The zero-order valence-corrected chi connectivity index (χ0v) is 13.4. The van der Waals surface area contributed by atoms with E-state index >= 15 is 0 Å². The largest absolute Gasteiger partial charge is 0.501 e. The van der Waals surface area contributed by atoms with Crippen LogP contribution in [0.15, 0.2) is 35.1 Å². The second-order valence-corrected chi connectivity index (χ2v) is 7.06. The third-order valence-electron chi connectivity index (χ3n) is 5.57. The molecule has 1 spiro atoms. The van der Waals surface area contributed by atoms with Crippen LogP contribution in [0.5, 0.6) is 0 Å². The molecule has 1 saturated carbocycles. The Labute approximate surface area is 118 Å². The van der Waals surface area contributed by atoms with E-state index in [1.165, 1.54) is 30.4 Å². The molecule has 2 rings (SSSR count). The van der Waals surface area contributed by atoms with Crippen molar-refractivity contribution in [2.24, 2.45) is 16.7 Å². The number of hydrogen-bond acceptors (Lipinski definition) is 1. The topological polar surface area (TPSA) is 9.23 Å². The predicted octanol–water partition coefficient (Wildman–Crippen LogP) is 5.26. The number of methoxy groups -OCH3 is 1. The van der Waals surface area contributed by atoms with Crippen molar-refractivity contribution in [1.29, 1.82) is 0 Å². The Kier molecular flexibility index (Phi) is 3.45. The first-order chi connectivity index (χ1) is 8.75. The van der Waals surface area contributed by atoms with E-state index in [4.69, 9.17) is 4.74 Å². The lowest BCUT2D eigenvalue weighted by Crippen LogP contribution is -2.39. The monoisotopic (exact) mass is 260 g/mol. The molecule has 1 nitrogen and oxygen atoms in total. The smallest absolute Gasteiger partial charge is 0.101 e. The molecule has 0 aromatic heterocycles. The molecule has 0 amide bonds. The van der Waals surface area contributed by atoms with Gasteiger partial charge in [-0.2, -0.15) is 0 Å². The summed E-state index contributed by atoms with van der Waals surface area (Å²) in [5.74, 6) is 1.60. The molecule has 0 radical (unpaired) electrons. The lowest BCUT2D eigenvalue weighted by atomic mass is 9.57. The fourth-order valence-corrected chi connectivity index (χ4v) is 3.97. The molecule has 0 bridgehead atoms. The predicted molar refractivity (Wildman–Crippen MR) is 81.8 cm³/mol. The summed E-state index contributed by atoms with van der Waals surface area (Å²) >= 11 is 0. The zero-order chi connectivity index (χ0) is 14.4. The molecule has 0 aliphatic heterocycles. The molecule has 106 valence electrons. The van der Waals surface area contributed by atoms with Gasteiger partial charge in [-0.05, 0) is 59.0 Å². The molecule has 0 heterocycles. The second-order valence-electron chi connectivity index (χ2n) is 7.06. The summed E-state index contributed by atoms with van der Waals surface area (Å²) in [4.78, 5) is 0. The van der Waals surface area contributed by atoms with E-state index in [1.807, 2.05) is 0 Å². The lowest BCUT2D eigenvalue weighted by Gasteiger charge is -2.48. The summed E-state index contributed by atoms with van der Waals surface area (Å²) in [6, 6.07) is 0. The summed E-state index contributed by atoms with van der Waals surface area (Å²) in [6.07, 6.45) is 6.00. The Hall–Kier alpha value is -0.980. The zero-order valence-electron chi connectivity index (χ0n) is 13.4. The first-order valence-corrected chi connectivity index (χ1v) is 7.37. The van der Waals surface area contributed by atoms with E-state index in [9.17, 15) is 0 Å². The summed E-state index contributed by atoms with van der Waals surface area (Å²) in [5.41, 5.74) is 4.70. The molecule has 0 aromatic carbocycles. The third kappa shape index (κ3) is 1.98. The molecular formula is C18H28O. The highest BCUT2D eigenvalue weighted by molar-refractivity contribution is 5.39. The minimum Gasteiger partial charge on any atom is -0.501 e. The minimum absolute atomic E-state index is 0.0433. The van der Waals surface area contributed by atoms with Crippen LogP contribution >= 0.6 is 0 Å². The van der Waals surface area contributed by atoms with Crippen LogP contribution in [0.3, 0.4) is 0 Å². The molecule has 0 saturated heterocycles. The number of hydrogen-bond donors (Lipinski definition) is 0. The average Bonchev–Trinajstić information content (AvgIpc) is 2.79. The fraction of sp³-hybridized carbons (Fsp3) is 0.667. The SMILES string of the molecule is C=C1C(C)(C)C(OC)=C[C@H](C)C12CCC(=C(C)C)C2. The van der Waals surface area contributed by atoms with Gasteiger partial charge >= 0.3 is 0 Å². The van der Waals surface area contributed by atoms with Gasteiger partial charge in [-0.1, -0.05) is 30.2 Å². The summed E-state index contributed by atoms with van der Waals surface area (Å²) in [6.45, 7) is 15.8. The Balaban J connectivity index is 2.47. The van der Waals surface area contributed by atoms with Gasteiger partial charge in [0.1, 0.15) is 5.76 Å². The van der Waals surface area contributed by atoms with Crippen molar-refractivity contribution in [3.05, 3.63) is 35.1 Å². The maximum absolute atomic E-state index is 5.61. The maximum atomic E-state index is 5.61. The highest BCUT2D eigenvalue weighted by Gasteiger charge is 2.51. The molecule has 1 fully saturated rings. The van der Waals surface area contributed by atoms with Crippen molar-refractivity contribution in [1.82, 2.24) is 0 Å². The molecule has 2 atom stereocenters. The van der Waals surface area contributed by atoms with Crippen LogP contribution in [0.1, 0.15) is 53.9 Å². The Morgan fingerprint density at radius 2 is 2.00 bits per heavy atom. The van der Waals surface area contributed by atoms with E-state index in [2.05, 4.69) is 47.3 Å². The van der Waals surface area contributed by atoms with E-state index < -0.39 is 0 Å². The van der Waals surface area contributed by atoms with Gasteiger partial charge in [0.2, 0.25) is 0 Å². The van der Waals surface area contributed by atoms with Crippen LogP contribution in [0.4, 0.5) is 0 Å². The summed E-state index contributed by atoms with van der Waals surface area (Å²) in [5, 5.41) is 0. The molecule has 1 heteroatoms. The highest BCUT2D eigenvalue weighted by Crippen LogP contribution is 2.61. The van der Waals surface area contributed by atoms with E-state index in [0.29, 0.717) is 5.92 Å². The van der Waals surface area contributed by atoms with Gasteiger partial charge in [-0.25, -0.2) is 0 Å². The van der Waals surface area contributed by atoms with Crippen molar-refractivity contribution < 1.29 is 4.74 Å². The molecule has 2 aliphatic carbocycles. The first-order valence-electron chi connectivity index (χ1n) is 7.37. The van der Waals surface area contributed by atoms with Crippen molar-refractivity contribution in [3.63, 3.8) is 0 Å². The van der Waals surface area contributed by atoms with Crippen molar-refractivity contribution >= 4 is 0 Å². The maximum Gasteiger partial charge on any atom is 0.101 e. The van der Waals surface area contributed by atoms with E-state index in [1.54, 1.807) is 12.7 Å². The molecular weight excluding hydrogens is 232 g/mol. The molecule has 2 aliphatic rings. The molecule has 1 unspecified atom stereocenters. The van der Waals surface area contributed by atoms with Gasteiger partial charge in [0.05, 0.1) is 7.11 Å². The quantitative estimate of drug-likeness (QED) is 0.585. The molecule has 0 aromatic rings. The third-order valence-corrected chi connectivity index (χ3v) is 5.57. The van der Waals surface area contributed by atoms with Crippen LogP contribution < -0.4 is 0 Å².